The van der Waals surface area contributed by atoms with Crippen LogP contribution >= 0.6 is 15.9 Å². The number of amides is 1. The normalized spacial score (nSPS) is 10.3. The number of nitrogens with one attached hydrogen (secondary N) is 1. The van der Waals surface area contributed by atoms with Gasteiger partial charge >= 0.3 is 0 Å². The number of rotatable bonds is 3. The molecule has 2 aromatic rings. The summed E-state index contributed by atoms with van der Waals surface area (Å²) >= 11 is 2.95. The first-order valence-electron chi connectivity index (χ1n) is 5.35. The van der Waals surface area contributed by atoms with E-state index in [1.807, 2.05) is 0 Å². The molecule has 0 atom stereocenters. The van der Waals surface area contributed by atoms with Crippen molar-refractivity contribution in [3.63, 3.8) is 0 Å². The van der Waals surface area contributed by atoms with E-state index in [-0.39, 0.29) is 27.2 Å². The van der Waals surface area contributed by atoms with Gasteiger partial charge in [0.1, 0.15) is 17.5 Å². The number of nitrogens with two attached hydrogens (primary N) is 2. The van der Waals surface area contributed by atoms with Crippen molar-refractivity contribution in [3.05, 3.63) is 46.1 Å². The number of anilines is 3. The Labute approximate surface area is 121 Å². The molecule has 8 heteroatoms. The van der Waals surface area contributed by atoms with Gasteiger partial charge in [0.2, 0.25) is 0 Å². The molecule has 1 heterocycles. The molecule has 0 fully saturated rings. The summed E-state index contributed by atoms with van der Waals surface area (Å²) in [5, 5.41) is 2.62. The molecule has 0 bridgehead atoms. The molecule has 0 aliphatic rings. The average molecular weight is 343 g/mol. The van der Waals surface area contributed by atoms with Crippen molar-refractivity contribution < 1.29 is 13.6 Å². The van der Waals surface area contributed by atoms with Crippen LogP contribution in [0, 0.1) is 11.6 Å². The fraction of sp³-hybridized carbons (Fsp3) is 0. The lowest BCUT2D eigenvalue weighted by Crippen LogP contribution is -2.14. The summed E-state index contributed by atoms with van der Waals surface area (Å²) in [4.78, 5) is 15.0. The summed E-state index contributed by atoms with van der Waals surface area (Å²) in [6, 6.07) is 3.22. The largest absolute Gasteiger partial charge is 0.397 e. The minimum atomic E-state index is -0.801. The Morgan fingerprint density at radius 1 is 1.25 bits per heavy atom. The van der Waals surface area contributed by atoms with Gasteiger partial charge in [-0.15, -0.1) is 0 Å². The zero-order chi connectivity index (χ0) is 14.9. The Balaban J connectivity index is 2.38. The number of hydrogen-bond donors (Lipinski definition) is 3. The molecule has 0 spiro atoms. The molecule has 1 amide bonds. The third-order valence-electron chi connectivity index (χ3n) is 2.47. The molecule has 0 unspecified atom stereocenters. The van der Waals surface area contributed by atoms with Crippen molar-refractivity contribution in [2.24, 2.45) is 5.73 Å². The number of nitrogens with zero attached hydrogens (tertiary/aromatic N) is 1. The summed E-state index contributed by atoms with van der Waals surface area (Å²) in [7, 11) is 0. The lowest BCUT2D eigenvalue weighted by molar-refractivity contribution is 0.100. The summed E-state index contributed by atoms with van der Waals surface area (Å²) in [5.41, 5.74) is 10.8. The number of primary amides is 1. The number of aromatic nitrogens is 1. The van der Waals surface area contributed by atoms with Crippen molar-refractivity contribution in [3.8, 4) is 0 Å². The van der Waals surface area contributed by atoms with Crippen LogP contribution in [-0.2, 0) is 0 Å². The van der Waals surface area contributed by atoms with Crippen LogP contribution in [0.25, 0.3) is 0 Å². The zero-order valence-electron chi connectivity index (χ0n) is 9.95. The Hall–Kier alpha value is -2.22. The highest BCUT2D eigenvalue weighted by molar-refractivity contribution is 9.10. The number of carbonyl (C=O) groups excluding carboxylic acids is 1. The van der Waals surface area contributed by atoms with E-state index in [4.69, 9.17) is 11.5 Å². The van der Waals surface area contributed by atoms with Crippen molar-refractivity contribution in [2.45, 2.75) is 0 Å². The molecular weight excluding hydrogens is 334 g/mol. The van der Waals surface area contributed by atoms with Crippen LogP contribution in [0.5, 0.6) is 0 Å². The van der Waals surface area contributed by atoms with Crippen molar-refractivity contribution in [2.75, 3.05) is 11.1 Å². The van der Waals surface area contributed by atoms with Crippen LogP contribution in [0.2, 0.25) is 0 Å². The van der Waals surface area contributed by atoms with Gasteiger partial charge in [0.15, 0.2) is 0 Å². The number of halogens is 3. The second kappa shape index (κ2) is 5.41. The minimum absolute atomic E-state index is 0.00836. The number of nitrogen functional groups attached to an aromatic ring is 1. The molecule has 5 N–H and O–H groups in total. The van der Waals surface area contributed by atoms with Crippen molar-refractivity contribution in [1.29, 1.82) is 0 Å². The third kappa shape index (κ3) is 2.85. The van der Waals surface area contributed by atoms with Gasteiger partial charge in [-0.05, 0) is 28.1 Å². The molecule has 104 valence electrons. The summed E-state index contributed by atoms with van der Waals surface area (Å²) < 4.78 is 26.8. The van der Waals surface area contributed by atoms with E-state index >= 15 is 0 Å². The number of pyridine rings is 1. The van der Waals surface area contributed by atoms with E-state index in [0.29, 0.717) is 0 Å². The fourth-order valence-corrected chi connectivity index (χ4v) is 1.85. The van der Waals surface area contributed by atoms with Crippen LogP contribution in [0.15, 0.2) is 28.9 Å². The molecular formula is C12H9BrF2N4O. The lowest BCUT2D eigenvalue weighted by Gasteiger charge is -2.09. The van der Waals surface area contributed by atoms with Gasteiger partial charge in [-0.1, -0.05) is 0 Å². The highest BCUT2D eigenvalue weighted by atomic mass is 79.9. The van der Waals surface area contributed by atoms with Crippen LogP contribution in [0.1, 0.15) is 10.4 Å². The second-order valence-electron chi connectivity index (χ2n) is 3.89. The van der Waals surface area contributed by atoms with Crippen LogP contribution < -0.4 is 16.8 Å². The van der Waals surface area contributed by atoms with Gasteiger partial charge < -0.3 is 16.8 Å². The molecule has 1 aromatic carbocycles. The summed E-state index contributed by atoms with van der Waals surface area (Å²) in [6.45, 7) is 0. The maximum Gasteiger partial charge on any atom is 0.250 e. The molecule has 0 radical (unpaired) electrons. The van der Waals surface area contributed by atoms with Crippen molar-refractivity contribution in [1.82, 2.24) is 4.98 Å². The van der Waals surface area contributed by atoms with Gasteiger partial charge in [-0.2, -0.15) is 0 Å². The zero-order valence-corrected chi connectivity index (χ0v) is 11.5. The Morgan fingerprint density at radius 2 is 1.95 bits per heavy atom. The fourth-order valence-electron chi connectivity index (χ4n) is 1.50. The molecule has 2 rings (SSSR count). The van der Waals surface area contributed by atoms with Crippen molar-refractivity contribution >= 4 is 39.0 Å². The third-order valence-corrected chi connectivity index (χ3v) is 3.08. The van der Waals surface area contributed by atoms with Gasteiger partial charge in [-0.3, -0.25) is 4.79 Å². The first kappa shape index (κ1) is 14.2. The van der Waals surface area contributed by atoms with E-state index in [2.05, 4.69) is 26.2 Å². The first-order chi connectivity index (χ1) is 9.38. The quantitative estimate of drug-likeness (QED) is 0.747. The van der Waals surface area contributed by atoms with E-state index in [1.165, 1.54) is 18.3 Å². The lowest BCUT2D eigenvalue weighted by atomic mass is 10.2. The highest BCUT2D eigenvalue weighted by Crippen LogP contribution is 2.26. The molecule has 0 saturated carbocycles. The SMILES string of the molecule is NC(=O)c1cc(Nc2cc(Br)c(F)cc2F)ncc1N. The van der Waals surface area contributed by atoms with E-state index in [1.54, 1.807) is 0 Å². The maximum absolute atomic E-state index is 13.6. The number of benzene rings is 1. The molecule has 20 heavy (non-hydrogen) atoms. The average Bonchev–Trinajstić information content (AvgIpc) is 2.37. The van der Waals surface area contributed by atoms with E-state index in [9.17, 15) is 13.6 Å². The van der Waals surface area contributed by atoms with E-state index < -0.39 is 17.5 Å². The molecule has 1 aromatic heterocycles. The van der Waals surface area contributed by atoms with Crippen LogP contribution in [-0.4, -0.2) is 10.9 Å². The monoisotopic (exact) mass is 342 g/mol. The number of hydrogen-bond acceptors (Lipinski definition) is 4. The molecule has 0 saturated heterocycles. The summed E-state index contributed by atoms with van der Waals surface area (Å²) in [5.74, 6) is -2.10. The van der Waals surface area contributed by atoms with Gasteiger partial charge in [0.05, 0.1) is 27.6 Å². The Bertz CT molecular complexity index is 693. The smallest absolute Gasteiger partial charge is 0.250 e. The standard InChI is InChI=1S/C12H9BrF2N4O/c13-6-2-10(8(15)3-7(6)14)19-11-1-5(12(17)20)9(16)4-18-11/h1-4H,16H2,(H2,17,20)(H,18,19). The number of carbonyl (C=O) groups is 1. The van der Waals surface area contributed by atoms with Gasteiger partial charge in [0.25, 0.3) is 5.91 Å². The molecule has 5 nitrogen and oxygen atoms in total. The highest BCUT2D eigenvalue weighted by Gasteiger charge is 2.11. The van der Waals surface area contributed by atoms with Crippen LogP contribution in [0.4, 0.5) is 26.0 Å². The molecule has 0 aliphatic heterocycles. The maximum atomic E-state index is 13.6. The van der Waals surface area contributed by atoms with Gasteiger partial charge in [-0.25, -0.2) is 13.8 Å². The minimum Gasteiger partial charge on any atom is -0.397 e. The first-order valence-corrected chi connectivity index (χ1v) is 6.14. The van der Waals surface area contributed by atoms with Gasteiger partial charge in [0, 0.05) is 6.07 Å². The predicted octanol–water partition coefficient (Wildman–Crippen LogP) is 2.55. The molecule has 0 aliphatic carbocycles. The topological polar surface area (TPSA) is 94.0 Å². The van der Waals surface area contributed by atoms with Crippen LogP contribution in [0.3, 0.4) is 0 Å². The summed E-state index contributed by atoms with van der Waals surface area (Å²) in [6.07, 6.45) is 1.22. The predicted molar refractivity (Wildman–Crippen MR) is 74.5 cm³/mol. The van der Waals surface area contributed by atoms with E-state index in [0.717, 1.165) is 6.07 Å². The Morgan fingerprint density at radius 3 is 2.60 bits per heavy atom. The Kier molecular flexibility index (Phi) is 3.84. The second-order valence-corrected chi connectivity index (χ2v) is 4.75.